The molecule has 0 aliphatic rings. The molecular weight excluding hydrogens is 218 g/mol. The summed E-state index contributed by atoms with van der Waals surface area (Å²) in [6.45, 7) is 1.77. The number of carboxylic acid groups (broad SMARTS) is 1. The first kappa shape index (κ1) is 13.2. The molecule has 0 aromatic rings. The third kappa shape index (κ3) is 5.00. The maximum Gasteiger partial charge on any atom is 0.375 e. The lowest BCUT2D eigenvalue weighted by Gasteiger charge is -2.09. The molecule has 82 valence electrons. The summed E-state index contributed by atoms with van der Waals surface area (Å²) in [4.78, 5) is 20.6. The summed E-state index contributed by atoms with van der Waals surface area (Å²) in [5, 5.41) is 8.03. The summed E-state index contributed by atoms with van der Waals surface area (Å²) in [6.07, 6.45) is 0. The van der Waals surface area contributed by atoms with Crippen LogP contribution in [0, 0.1) is 0 Å². The predicted molar refractivity (Wildman–Crippen MR) is 46.5 cm³/mol. The lowest BCUT2D eigenvalue weighted by molar-refractivity contribution is -0.161. The molecule has 0 unspecified atom stereocenters. The van der Waals surface area contributed by atoms with Gasteiger partial charge in [0.15, 0.2) is 0 Å². The van der Waals surface area contributed by atoms with Crippen LogP contribution in [0.25, 0.3) is 0 Å². The minimum atomic E-state index is -3.79. The summed E-state index contributed by atoms with van der Waals surface area (Å²) in [5.74, 6) is -7.80. The molecule has 0 rings (SSSR count). The number of esters is 1. The second-order valence-electron chi connectivity index (χ2n) is 2.31. The first-order valence-electron chi connectivity index (χ1n) is 3.74. The molecular formula is C7H10F2O4S. The van der Waals surface area contributed by atoms with Crippen molar-refractivity contribution in [2.75, 3.05) is 18.1 Å². The summed E-state index contributed by atoms with van der Waals surface area (Å²) in [5.41, 5.74) is 0. The van der Waals surface area contributed by atoms with Crippen LogP contribution in [0.5, 0.6) is 0 Å². The highest BCUT2D eigenvalue weighted by Gasteiger charge is 2.38. The van der Waals surface area contributed by atoms with Crippen LogP contribution in [0.2, 0.25) is 0 Å². The Morgan fingerprint density at radius 1 is 1.50 bits per heavy atom. The number of aliphatic carboxylic acids is 1. The molecule has 0 saturated heterocycles. The van der Waals surface area contributed by atoms with Gasteiger partial charge in [0, 0.05) is 0 Å². The standard InChI is InChI=1S/C7H10F2O4S/c1-2-13-5(10)3-14-4-7(8,9)6(11)12/h2-4H2,1H3,(H,11,12). The zero-order valence-electron chi connectivity index (χ0n) is 7.46. The van der Waals surface area contributed by atoms with E-state index in [0.717, 1.165) is 0 Å². The number of hydrogen-bond acceptors (Lipinski definition) is 4. The zero-order chi connectivity index (χ0) is 11.2. The van der Waals surface area contributed by atoms with Crippen molar-refractivity contribution in [1.82, 2.24) is 0 Å². The topological polar surface area (TPSA) is 63.6 Å². The van der Waals surface area contributed by atoms with Gasteiger partial charge in [-0.3, -0.25) is 4.79 Å². The number of thioether (sulfide) groups is 1. The first-order chi connectivity index (χ1) is 6.40. The van der Waals surface area contributed by atoms with Gasteiger partial charge in [-0.05, 0) is 6.92 Å². The van der Waals surface area contributed by atoms with Crippen molar-refractivity contribution in [1.29, 1.82) is 0 Å². The van der Waals surface area contributed by atoms with E-state index >= 15 is 0 Å². The van der Waals surface area contributed by atoms with E-state index in [1.807, 2.05) is 0 Å². The molecule has 0 fully saturated rings. The van der Waals surface area contributed by atoms with Gasteiger partial charge in [-0.2, -0.15) is 8.78 Å². The van der Waals surface area contributed by atoms with Gasteiger partial charge in [0.2, 0.25) is 0 Å². The van der Waals surface area contributed by atoms with Crippen molar-refractivity contribution < 1.29 is 28.2 Å². The van der Waals surface area contributed by atoms with Crippen LogP contribution < -0.4 is 0 Å². The van der Waals surface area contributed by atoms with Crippen LogP contribution in [-0.4, -0.2) is 41.1 Å². The molecule has 0 saturated carbocycles. The predicted octanol–water partition coefficient (Wildman–Crippen LogP) is 1.00. The average molecular weight is 228 g/mol. The lowest BCUT2D eigenvalue weighted by Crippen LogP contribution is -2.31. The third-order valence-corrected chi connectivity index (χ3v) is 2.13. The Morgan fingerprint density at radius 2 is 2.07 bits per heavy atom. The quantitative estimate of drug-likeness (QED) is 0.687. The number of hydrogen-bond donors (Lipinski definition) is 1. The van der Waals surface area contributed by atoms with Crippen molar-refractivity contribution in [3.63, 3.8) is 0 Å². The van der Waals surface area contributed by atoms with Crippen LogP contribution in [0.4, 0.5) is 8.78 Å². The number of alkyl halides is 2. The van der Waals surface area contributed by atoms with E-state index in [9.17, 15) is 18.4 Å². The Morgan fingerprint density at radius 3 is 2.50 bits per heavy atom. The van der Waals surface area contributed by atoms with Gasteiger partial charge in [0.05, 0.1) is 18.1 Å². The Hall–Kier alpha value is -0.850. The lowest BCUT2D eigenvalue weighted by atomic mass is 10.4. The molecule has 0 radical (unpaired) electrons. The van der Waals surface area contributed by atoms with Gasteiger partial charge in [-0.15, -0.1) is 11.8 Å². The molecule has 0 aromatic carbocycles. The van der Waals surface area contributed by atoms with Crippen LogP contribution in [0.1, 0.15) is 6.92 Å². The molecule has 1 N–H and O–H groups in total. The minimum absolute atomic E-state index is 0.175. The Kier molecular flexibility index (Phi) is 5.44. The molecule has 14 heavy (non-hydrogen) atoms. The number of halogens is 2. The normalized spacial score (nSPS) is 11.1. The van der Waals surface area contributed by atoms with E-state index in [1.54, 1.807) is 6.92 Å². The number of carbonyl (C=O) groups is 2. The molecule has 4 nitrogen and oxygen atoms in total. The summed E-state index contributed by atoms with van der Waals surface area (Å²) in [7, 11) is 0. The van der Waals surface area contributed by atoms with E-state index in [0.29, 0.717) is 11.8 Å². The maximum atomic E-state index is 12.4. The Bertz CT molecular complexity index is 220. The second kappa shape index (κ2) is 5.79. The van der Waals surface area contributed by atoms with Gasteiger partial charge in [-0.1, -0.05) is 0 Å². The van der Waals surface area contributed by atoms with E-state index in [1.165, 1.54) is 0 Å². The van der Waals surface area contributed by atoms with Crippen LogP contribution in [-0.2, 0) is 14.3 Å². The fraction of sp³-hybridized carbons (Fsp3) is 0.714. The number of carboxylic acids is 1. The van der Waals surface area contributed by atoms with E-state index < -0.39 is 23.6 Å². The average Bonchev–Trinajstić information content (AvgIpc) is 2.04. The molecule has 0 aliphatic carbocycles. The SMILES string of the molecule is CCOC(=O)CSCC(F)(F)C(=O)O. The Labute approximate surface area is 83.6 Å². The van der Waals surface area contributed by atoms with Crippen molar-refractivity contribution in [3.8, 4) is 0 Å². The van der Waals surface area contributed by atoms with Crippen molar-refractivity contribution in [2.45, 2.75) is 12.8 Å². The molecule has 7 heteroatoms. The fourth-order valence-electron chi connectivity index (χ4n) is 0.527. The summed E-state index contributed by atoms with van der Waals surface area (Å²) in [6, 6.07) is 0. The molecule has 0 atom stereocenters. The largest absolute Gasteiger partial charge is 0.477 e. The monoisotopic (exact) mass is 228 g/mol. The van der Waals surface area contributed by atoms with Gasteiger partial charge >= 0.3 is 17.9 Å². The second-order valence-corrected chi connectivity index (χ2v) is 3.29. The first-order valence-corrected chi connectivity index (χ1v) is 4.90. The van der Waals surface area contributed by atoms with Gasteiger partial charge in [0.1, 0.15) is 0 Å². The van der Waals surface area contributed by atoms with Crippen molar-refractivity contribution in [2.24, 2.45) is 0 Å². The van der Waals surface area contributed by atoms with Crippen LogP contribution in [0.3, 0.4) is 0 Å². The molecule has 0 spiro atoms. The highest BCUT2D eigenvalue weighted by Crippen LogP contribution is 2.20. The highest BCUT2D eigenvalue weighted by atomic mass is 32.2. The molecule has 0 bridgehead atoms. The summed E-state index contributed by atoms with van der Waals surface area (Å²) < 4.78 is 29.3. The van der Waals surface area contributed by atoms with Crippen LogP contribution >= 0.6 is 11.8 Å². The third-order valence-electron chi connectivity index (χ3n) is 1.12. The van der Waals surface area contributed by atoms with Gasteiger partial charge < -0.3 is 9.84 Å². The zero-order valence-corrected chi connectivity index (χ0v) is 8.27. The van der Waals surface area contributed by atoms with Crippen LogP contribution in [0.15, 0.2) is 0 Å². The molecule has 0 aliphatic heterocycles. The highest BCUT2D eigenvalue weighted by molar-refractivity contribution is 8.00. The number of rotatable bonds is 6. The molecule has 0 amide bonds. The number of ether oxygens (including phenoxy) is 1. The molecule has 0 heterocycles. The maximum absolute atomic E-state index is 12.4. The van der Waals surface area contributed by atoms with Crippen molar-refractivity contribution >= 4 is 23.7 Å². The van der Waals surface area contributed by atoms with E-state index in [4.69, 9.17) is 5.11 Å². The number of carbonyl (C=O) groups excluding carboxylic acids is 1. The van der Waals surface area contributed by atoms with Gasteiger partial charge in [-0.25, -0.2) is 4.79 Å². The van der Waals surface area contributed by atoms with E-state index in [-0.39, 0.29) is 12.4 Å². The smallest absolute Gasteiger partial charge is 0.375 e. The van der Waals surface area contributed by atoms with Gasteiger partial charge in [0.25, 0.3) is 0 Å². The van der Waals surface area contributed by atoms with E-state index in [2.05, 4.69) is 4.74 Å². The Balaban J connectivity index is 3.74. The van der Waals surface area contributed by atoms with Crippen molar-refractivity contribution in [3.05, 3.63) is 0 Å². The minimum Gasteiger partial charge on any atom is -0.477 e. The molecule has 0 aromatic heterocycles. The summed E-state index contributed by atoms with van der Waals surface area (Å²) >= 11 is 0.531. The fourth-order valence-corrected chi connectivity index (χ4v) is 1.26.